The molecule has 2 heterocycles. The van der Waals surface area contributed by atoms with E-state index >= 15 is 0 Å². The van der Waals surface area contributed by atoms with Crippen molar-refractivity contribution >= 4 is 22.4 Å². The van der Waals surface area contributed by atoms with E-state index in [2.05, 4.69) is 33.5 Å². The normalized spacial score (nSPS) is 24.7. The summed E-state index contributed by atoms with van der Waals surface area (Å²) in [5, 5.41) is 4.37. The Hall–Kier alpha value is -2.01. The standard InChI is InChI=1S/C18H20FN3O/c19-15-3-5-16(6-4-15)21-18-20-10-13-2-1-12(9-17(13)22-18)14-7-8-23-11-14/h1-2,7,9-10,15-16H,3-6,8,11H2,(H,20,21,22). The Kier molecular flexibility index (Phi) is 3.95. The minimum atomic E-state index is -0.643. The predicted octanol–water partition coefficient (Wildman–Crippen LogP) is 3.74. The lowest BCUT2D eigenvalue weighted by Gasteiger charge is -2.25. The zero-order valence-corrected chi connectivity index (χ0v) is 13.0. The summed E-state index contributed by atoms with van der Waals surface area (Å²) in [6.07, 6.45) is 6.24. The van der Waals surface area contributed by atoms with Crippen LogP contribution >= 0.6 is 0 Å². The minimum Gasteiger partial charge on any atom is -0.373 e. The minimum absolute atomic E-state index is 0.272. The largest absolute Gasteiger partial charge is 0.373 e. The molecule has 1 N–H and O–H groups in total. The number of alkyl halides is 1. The van der Waals surface area contributed by atoms with Crippen molar-refractivity contribution < 1.29 is 9.13 Å². The van der Waals surface area contributed by atoms with Crippen molar-refractivity contribution in [3.05, 3.63) is 36.0 Å². The molecular formula is C18H20FN3O. The topological polar surface area (TPSA) is 47.0 Å². The second-order valence-electron chi connectivity index (χ2n) is 6.30. The van der Waals surface area contributed by atoms with Gasteiger partial charge >= 0.3 is 0 Å². The van der Waals surface area contributed by atoms with Crippen LogP contribution in [0.25, 0.3) is 16.5 Å². The van der Waals surface area contributed by atoms with Gasteiger partial charge in [0, 0.05) is 17.6 Å². The van der Waals surface area contributed by atoms with Gasteiger partial charge in [-0.15, -0.1) is 0 Å². The zero-order valence-electron chi connectivity index (χ0n) is 13.0. The number of halogens is 1. The van der Waals surface area contributed by atoms with Crippen molar-refractivity contribution in [1.29, 1.82) is 0 Å². The monoisotopic (exact) mass is 313 g/mol. The van der Waals surface area contributed by atoms with Crippen molar-refractivity contribution in [1.82, 2.24) is 9.97 Å². The highest BCUT2D eigenvalue weighted by Gasteiger charge is 2.21. The molecule has 4 rings (SSSR count). The summed E-state index contributed by atoms with van der Waals surface area (Å²) in [6, 6.07) is 6.49. The lowest BCUT2D eigenvalue weighted by molar-refractivity contribution is 0.216. The van der Waals surface area contributed by atoms with Gasteiger partial charge in [-0.25, -0.2) is 14.4 Å². The van der Waals surface area contributed by atoms with E-state index in [1.54, 1.807) is 0 Å². The second kappa shape index (κ2) is 6.24. The van der Waals surface area contributed by atoms with Crippen LogP contribution in [0.1, 0.15) is 31.2 Å². The summed E-state index contributed by atoms with van der Waals surface area (Å²) < 4.78 is 18.6. The number of nitrogens with one attached hydrogen (secondary N) is 1. The first kappa shape index (κ1) is 14.6. The van der Waals surface area contributed by atoms with Crippen molar-refractivity contribution in [3.8, 4) is 0 Å². The molecular weight excluding hydrogens is 293 g/mol. The van der Waals surface area contributed by atoms with E-state index in [4.69, 9.17) is 4.74 Å². The van der Waals surface area contributed by atoms with Crippen molar-refractivity contribution in [2.45, 2.75) is 37.9 Å². The van der Waals surface area contributed by atoms with Crippen LogP contribution in [0.5, 0.6) is 0 Å². The van der Waals surface area contributed by atoms with Gasteiger partial charge in [0.2, 0.25) is 5.95 Å². The molecule has 0 atom stereocenters. The molecule has 0 spiro atoms. The van der Waals surface area contributed by atoms with Crippen molar-refractivity contribution in [2.24, 2.45) is 0 Å². The van der Waals surface area contributed by atoms with Gasteiger partial charge in [-0.1, -0.05) is 18.2 Å². The lowest BCUT2D eigenvalue weighted by atomic mass is 9.94. The number of fused-ring (bicyclic) bond motifs is 1. The van der Waals surface area contributed by atoms with Crippen LogP contribution in [0, 0.1) is 0 Å². The van der Waals surface area contributed by atoms with Crippen LogP contribution in [0.2, 0.25) is 0 Å². The number of nitrogens with zero attached hydrogens (tertiary/aromatic N) is 2. The van der Waals surface area contributed by atoms with Crippen LogP contribution in [0.4, 0.5) is 10.3 Å². The van der Waals surface area contributed by atoms with Crippen LogP contribution < -0.4 is 5.32 Å². The number of aromatic nitrogens is 2. The summed E-state index contributed by atoms with van der Waals surface area (Å²) in [6.45, 7) is 1.34. The van der Waals surface area contributed by atoms with E-state index in [1.807, 2.05) is 12.3 Å². The van der Waals surface area contributed by atoms with E-state index in [9.17, 15) is 4.39 Å². The van der Waals surface area contributed by atoms with Crippen LogP contribution in [0.15, 0.2) is 30.5 Å². The molecule has 0 radical (unpaired) electrons. The highest BCUT2D eigenvalue weighted by atomic mass is 19.1. The highest BCUT2D eigenvalue weighted by Crippen LogP contribution is 2.25. The second-order valence-corrected chi connectivity index (χ2v) is 6.30. The average molecular weight is 313 g/mol. The molecule has 0 bridgehead atoms. The molecule has 2 aliphatic rings. The van der Waals surface area contributed by atoms with Gasteiger partial charge in [-0.2, -0.15) is 0 Å². The summed E-state index contributed by atoms with van der Waals surface area (Å²) in [7, 11) is 0. The van der Waals surface area contributed by atoms with E-state index < -0.39 is 6.17 Å². The van der Waals surface area contributed by atoms with Gasteiger partial charge in [-0.05, 0) is 42.9 Å². The maximum absolute atomic E-state index is 13.2. The first-order valence-electron chi connectivity index (χ1n) is 8.22. The van der Waals surface area contributed by atoms with Gasteiger partial charge < -0.3 is 10.1 Å². The molecule has 1 aromatic carbocycles. The molecule has 0 amide bonds. The predicted molar refractivity (Wildman–Crippen MR) is 89.1 cm³/mol. The van der Waals surface area contributed by atoms with E-state index in [-0.39, 0.29) is 6.04 Å². The number of anilines is 1. The fourth-order valence-electron chi connectivity index (χ4n) is 3.26. The maximum atomic E-state index is 13.2. The molecule has 1 fully saturated rings. The Balaban J connectivity index is 1.56. The van der Waals surface area contributed by atoms with Gasteiger partial charge in [0.1, 0.15) is 6.17 Å². The summed E-state index contributed by atoms with van der Waals surface area (Å²) in [5.41, 5.74) is 3.28. The first-order valence-corrected chi connectivity index (χ1v) is 8.22. The summed E-state index contributed by atoms with van der Waals surface area (Å²) in [4.78, 5) is 9.03. The Morgan fingerprint density at radius 3 is 2.83 bits per heavy atom. The maximum Gasteiger partial charge on any atom is 0.223 e. The number of benzene rings is 1. The number of hydrogen-bond donors (Lipinski definition) is 1. The number of hydrogen-bond acceptors (Lipinski definition) is 4. The Morgan fingerprint density at radius 1 is 1.17 bits per heavy atom. The van der Waals surface area contributed by atoms with Crippen LogP contribution in [-0.4, -0.2) is 35.4 Å². The van der Waals surface area contributed by atoms with Gasteiger partial charge in [-0.3, -0.25) is 0 Å². The smallest absolute Gasteiger partial charge is 0.223 e. The number of rotatable bonds is 3. The van der Waals surface area contributed by atoms with E-state index in [1.165, 1.54) is 5.57 Å². The molecule has 1 aliphatic carbocycles. The molecule has 1 aromatic heterocycles. The van der Waals surface area contributed by atoms with Crippen LogP contribution in [0.3, 0.4) is 0 Å². The fourth-order valence-corrected chi connectivity index (χ4v) is 3.26. The summed E-state index contributed by atoms with van der Waals surface area (Å²) >= 11 is 0. The Morgan fingerprint density at radius 2 is 2.04 bits per heavy atom. The quantitative estimate of drug-likeness (QED) is 0.938. The van der Waals surface area contributed by atoms with Gasteiger partial charge in [0.05, 0.1) is 18.7 Å². The van der Waals surface area contributed by atoms with Crippen molar-refractivity contribution in [3.63, 3.8) is 0 Å². The lowest BCUT2D eigenvalue weighted by Crippen LogP contribution is -2.27. The fraction of sp³-hybridized carbons (Fsp3) is 0.444. The van der Waals surface area contributed by atoms with Gasteiger partial charge in [0.25, 0.3) is 0 Å². The van der Waals surface area contributed by atoms with E-state index in [0.29, 0.717) is 32.0 Å². The third-order valence-corrected chi connectivity index (χ3v) is 4.65. The zero-order chi connectivity index (χ0) is 15.6. The first-order chi connectivity index (χ1) is 11.3. The van der Waals surface area contributed by atoms with Crippen LogP contribution in [-0.2, 0) is 4.74 Å². The SMILES string of the molecule is FC1CCC(Nc2ncc3ccc(C4=CCOC4)cc3n2)CC1. The summed E-state index contributed by atoms with van der Waals surface area (Å²) in [5.74, 6) is 0.633. The van der Waals surface area contributed by atoms with E-state index in [0.717, 1.165) is 29.3 Å². The molecule has 23 heavy (non-hydrogen) atoms. The third-order valence-electron chi connectivity index (χ3n) is 4.65. The molecule has 1 aliphatic heterocycles. The third kappa shape index (κ3) is 3.20. The highest BCUT2D eigenvalue weighted by molar-refractivity contribution is 5.83. The molecule has 0 unspecified atom stereocenters. The molecule has 2 aromatic rings. The number of ether oxygens (including phenoxy) is 1. The molecule has 0 saturated heterocycles. The van der Waals surface area contributed by atoms with Gasteiger partial charge in [0.15, 0.2) is 0 Å². The molecule has 4 nitrogen and oxygen atoms in total. The Labute approximate surface area is 134 Å². The average Bonchev–Trinajstić information content (AvgIpc) is 3.11. The molecule has 5 heteroatoms. The molecule has 120 valence electrons. The van der Waals surface area contributed by atoms with Crippen molar-refractivity contribution in [2.75, 3.05) is 18.5 Å². The molecule has 1 saturated carbocycles. The Bertz CT molecular complexity index is 738.